The Morgan fingerprint density at radius 2 is 2.05 bits per heavy atom. The van der Waals surface area contributed by atoms with Crippen molar-refractivity contribution in [3.05, 3.63) is 35.9 Å². The molecule has 1 saturated heterocycles. The van der Waals surface area contributed by atoms with Crippen LogP contribution in [0.4, 0.5) is 4.79 Å². The van der Waals surface area contributed by atoms with Gasteiger partial charge in [0.2, 0.25) is 6.29 Å². The van der Waals surface area contributed by atoms with Crippen LogP contribution >= 0.6 is 0 Å². The van der Waals surface area contributed by atoms with Crippen LogP contribution in [-0.4, -0.2) is 36.0 Å². The molecule has 0 aliphatic carbocycles. The molecule has 108 valence electrons. The van der Waals surface area contributed by atoms with E-state index in [0.29, 0.717) is 0 Å². The highest BCUT2D eigenvalue weighted by Gasteiger charge is 2.37. The molecule has 1 heterocycles. The largest absolute Gasteiger partial charge is 0.444 e. The van der Waals surface area contributed by atoms with Crippen LogP contribution < -0.4 is 0 Å². The second kappa shape index (κ2) is 6.38. The molecule has 2 rings (SSSR count). The Morgan fingerprint density at radius 3 is 2.70 bits per heavy atom. The van der Waals surface area contributed by atoms with Crippen molar-refractivity contribution in [2.75, 3.05) is 6.73 Å². The van der Waals surface area contributed by atoms with Gasteiger partial charge in [0.05, 0.1) is 6.04 Å². The fourth-order valence-electron chi connectivity index (χ4n) is 1.87. The lowest BCUT2D eigenvalue weighted by Crippen LogP contribution is -2.39. The second-order valence-electron chi connectivity index (χ2n) is 4.52. The molecule has 0 spiro atoms. The van der Waals surface area contributed by atoms with Crippen molar-refractivity contribution < 1.29 is 23.8 Å². The van der Waals surface area contributed by atoms with Crippen LogP contribution in [-0.2, 0) is 25.6 Å². The minimum Gasteiger partial charge on any atom is -0.444 e. The van der Waals surface area contributed by atoms with Crippen LogP contribution in [0.15, 0.2) is 30.3 Å². The molecule has 1 aliphatic rings. The van der Waals surface area contributed by atoms with E-state index in [-0.39, 0.29) is 19.4 Å². The second-order valence-corrected chi connectivity index (χ2v) is 4.52. The van der Waals surface area contributed by atoms with Gasteiger partial charge in [-0.1, -0.05) is 30.3 Å². The molecular weight excluding hydrogens is 262 g/mol. The van der Waals surface area contributed by atoms with Crippen molar-refractivity contribution in [2.24, 2.45) is 0 Å². The molecule has 0 bridgehead atoms. The summed E-state index contributed by atoms with van der Waals surface area (Å²) in [6.07, 6.45) is -1.23. The lowest BCUT2D eigenvalue weighted by molar-refractivity contribution is -0.168. The first kappa shape index (κ1) is 14.3. The van der Waals surface area contributed by atoms with Crippen LogP contribution in [0.5, 0.6) is 0 Å². The first-order valence-electron chi connectivity index (χ1n) is 6.34. The SMILES string of the molecule is CC(=O)OC1OCN(C(=O)OCc2ccccc2)[C@H]1C. The molecule has 1 unspecified atom stereocenters. The van der Waals surface area contributed by atoms with E-state index in [1.54, 1.807) is 6.92 Å². The van der Waals surface area contributed by atoms with Crippen molar-refractivity contribution in [1.29, 1.82) is 0 Å². The zero-order chi connectivity index (χ0) is 14.5. The Bertz CT molecular complexity index is 476. The van der Waals surface area contributed by atoms with E-state index in [4.69, 9.17) is 14.2 Å². The van der Waals surface area contributed by atoms with Crippen LogP contribution in [0, 0.1) is 0 Å². The van der Waals surface area contributed by atoms with Crippen LogP contribution in [0.3, 0.4) is 0 Å². The number of benzene rings is 1. The highest BCUT2D eigenvalue weighted by Crippen LogP contribution is 2.19. The predicted octanol–water partition coefficient (Wildman–Crippen LogP) is 1.89. The topological polar surface area (TPSA) is 65.1 Å². The Labute approximate surface area is 117 Å². The number of amides is 1. The summed E-state index contributed by atoms with van der Waals surface area (Å²) in [7, 11) is 0. The predicted molar refractivity (Wildman–Crippen MR) is 69.4 cm³/mol. The number of carbonyl (C=O) groups excluding carboxylic acids is 2. The van der Waals surface area contributed by atoms with E-state index in [2.05, 4.69) is 0 Å². The number of hydrogen-bond donors (Lipinski definition) is 0. The van der Waals surface area contributed by atoms with Gasteiger partial charge in [0, 0.05) is 6.92 Å². The maximum Gasteiger partial charge on any atom is 0.412 e. The van der Waals surface area contributed by atoms with Gasteiger partial charge in [-0.3, -0.25) is 9.69 Å². The van der Waals surface area contributed by atoms with Crippen molar-refractivity contribution in [1.82, 2.24) is 4.90 Å². The maximum absolute atomic E-state index is 11.9. The number of esters is 1. The van der Waals surface area contributed by atoms with Gasteiger partial charge in [0.25, 0.3) is 0 Å². The Morgan fingerprint density at radius 1 is 1.35 bits per heavy atom. The first-order chi connectivity index (χ1) is 9.58. The summed E-state index contributed by atoms with van der Waals surface area (Å²) in [6.45, 7) is 3.28. The van der Waals surface area contributed by atoms with Crippen molar-refractivity contribution in [3.63, 3.8) is 0 Å². The summed E-state index contributed by atoms with van der Waals surface area (Å²) in [5.41, 5.74) is 0.908. The van der Waals surface area contributed by atoms with Gasteiger partial charge in [-0.05, 0) is 12.5 Å². The van der Waals surface area contributed by atoms with Gasteiger partial charge in [-0.25, -0.2) is 4.79 Å². The molecule has 6 nitrogen and oxygen atoms in total. The molecule has 1 fully saturated rings. The van der Waals surface area contributed by atoms with Crippen LogP contribution in [0.1, 0.15) is 19.4 Å². The molecule has 1 aromatic carbocycles. The van der Waals surface area contributed by atoms with Gasteiger partial charge in [-0.2, -0.15) is 0 Å². The number of rotatable bonds is 3. The van der Waals surface area contributed by atoms with E-state index in [1.807, 2.05) is 30.3 Å². The van der Waals surface area contributed by atoms with Crippen molar-refractivity contribution in [2.45, 2.75) is 32.8 Å². The van der Waals surface area contributed by atoms with Crippen molar-refractivity contribution in [3.8, 4) is 0 Å². The standard InChI is InChI=1S/C14H17NO5/c1-10-13(20-11(2)16)19-9-15(10)14(17)18-8-12-6-4-3-5-7-12/h3-7,10,13H,8-9H2,1-2H3/t10-,13?/m0/s1. The minimum atomic E-state index is -0.739. The van der Waals surface area contributed by atoms with E-state index >= 15 is 0 Å². The van der Waals surface area contributed by atoms with Gasteiger partial charge in [-0.15, -0.1) is 0 Å². The van der Waals surface area contributed by atoms with Crippen molar-refractivity contribution >= 4 is 12.1 Å². The summed E-state index contributed by atoms with van der Waals surface area (Å²) in [6, 6.07) is 9.02. The minimum absolute atomic E-state index is 0.0483. The molecule has 0 saturated carbocycles. The molecule has 0 aromatic heterocycles. The van der Waals surface area contributed by atoms with E-state index < -0.39 is 18.4 Å². The van der Waals surface area contributed by atoms with Crippen LogP contribution in [0.2, 0.25) is 0 Å². The number of hydrogen-bond acceptors (Lipinski definition) is 5. The normalized spacial score (nSPS) is 21.6. The maximum atomic E-state index is 11.9. The molecule has 0 radical (unpaired) electrons. The van der Waals surface area contributed by atoms with E-state index in [1.165, 1.54) is 11.8 Å². The fraction of sp³-hybridized carbons (Fsp3) is 0.429. The Hall–Kier alpha value is -2.08. The summed E-state index contributed by atoms with van der Waals surface area (Å²) in [4.78, 5) is 24.2. The summed E-state index contributed by atoms with van der Waals surface area (Å²) in [5, 5.41) is 0. The Balaban J connectivity index is 1.86. The van der Waals surface area contributed by atoms with Crippen LogP contribution in [0.25, 0.3) is 0 Å². The molecule has 1 aromatic rings. The van der Waals surface area contributed by atoms with E-state index in [0.717, 1.165) is 5.56 Å². The summed E-state index contributed by atoms with van der Waals surface area (Å²) < 4.78 is 15.4. The zero-order valence-electron chi connectivity index (χ0n) is 11.4. The highest BCUT2D eigenvalue weighted by molar-refractivity contribution is 5.69. The Kier molecular flexibility index (Phi) is 4.57. The summed E-state index contributed by atoms with van der Waals surface area (Å²) in [5.74, 6) is -0.443. The fourth-order valence-corrected chi connectivity index (χ4v) is 1.87. The van der Waals surface area contributed by atoms with Gasteiger partial charge >= 0.3 is 12.1 Å². The highest BCUT2D eigenvalue weighted by atomic mass is 16.7. The summed E-state index contributed by atoms with van der Waals surface area (Å²) >= 11 is 0. The van der Waals surface area contributed by atoms with Gasteiger partial charge < -0.3 is 14.2 Å². The average molecular weight is 279 g/mol. The molecule has 1 aliphatic heterocycles. The number of ether oxygens (including phenoxy) is 3. The zero-order valence-corrected chi connectivity index (χ0v) is 11.4. The smallest absolute Gasteiger partial charge is 0.412 e. The molecule has 2 atom stereocenters. The van der Waals surface area contributed by atoms with Gasteiger partial charge in [0.1, 0.15) is 13.3 Å². The molecule has 0 N–H and O–H groups in total. The third-order valence-electron chi connectivity index (χ3n) is 2.99. The van der Waals surface area contributed by atoms with Gasteiger partial charge in [0.15, 0.2) is 0 Å². The number of carbonyl (C=O) groups is 2. The lowest BCUT2D eigenvalue weighted by Gasteiger charge is -2.20. The third-order valence-corrected chi connectivity index (χ3v) is 2.99. The number of nitrogens with zero attached hydrogens (tertiary/aromatic N) is 1. The molecular formula is C14H17NO5. The molecule has 6 heteroatoms. The average Bonchev–Trinajstić information content (AvgIpc) is 2.78. The quantitative estimate of drug-likeness (QED) is 0.790. The first-order valence-corrected chi connectivity index (χ1v) is 6.34. The monoisotopic (exact) mass is 279 g/mol. The molecule has 20 heavy (non-hydrogen) atoms. The van der Waals surface area contributed by atoms with E-state index in [9.17, 15) is 9.59 Å². The third kappa shape index (κ3) is 3.48. The molecule has 1 amide bonds. The lowest BCUT2D eigenvalue weighted by atomic mass is 10.2.